The molecule has 1 aromatic heterocycles. The summed E-state index contributed by atoms with van der Waals surface area (Å²) in [5.41, 5.74) is 4.51. The van der Waals surface area contributed by atoms with Gasteiger partial charge in [0.2, 0.25) is 0 Å². The summed E-state index contributed by atoms with van der Waals surface area (Å²) in [6.45, 7) is 0.340. The molecule has 0 unspecified atom stereocenters. The average Bonchev–Trinajstić information content (AvgIpc) is 3.29. The molecule has 4 aromatic carbocycles. The van der Waals surface area contributed by atoms with Crippen molar-refractivity contribution in [2.24, 2.45) is 5.10 Å². The van der Waals surface area contributed by atoms with Gasteiger partial charge in [-0.3, -0.25) is 4.79 Å². The minimum absolute atomic E-state index is 0.332. The second-order valence-corrected chi connectivity index (χ2v) is 9.60. The van der Waals surface area contributed by atoms with Gasteiger partial charge in [-0.2, -0.15) is 5.10 Å². The Morgan fingerprint density at radius 2 is 1.66 bits per heavy atom. The standard InChI is InChI=1S/C30H21ClN2O4S/c31-27-24-14-5-7-16-26(24)38-28(27)30(35)37-22-12-8-11-21(17-22)18-32-33-29(34)23-13-4-6-15-25(23)36-19-20-9-2-1-3-10-20/h1-18H,19H2,(H,33,34). The van der Waals surface area contributed by atoms with Crippen molar-refractivity contribution in [2.75, 3.05) is 0 Å². The number of benzene rings is 4. The highest BCUT2D eigenvalue weighted by Crippen LogP contribution is 2.35. The summed E-state index contributed by atoms with van der Waals surface area (Å²) in [6, 6.07) is 31.0. The molecule has 0 atom stereocenters. The van der Waals surface area contributed by atoms with E-state index < -0.39 is 11.9 Å². The number of nitrogens with zero attached hydrogens (tertiary/aromatic N) is 1. The molecule has 0 aliphatic rings. The minimum atomic E-state index is -0.536. The fourth-order valence-electron chi connectivity index (χ4n) is 3.70. The summed E-state index contributed by atoms with van der Waals surface area (Å²) in [4.78, 5) is 25.8. The van der Waals surface area contributed by atoms with E-state index in [2.05, 4.69) is 10.5 Å². The number of esters is 1. The number of hydrogen-bond donors (Lipinski definition) is 1. The monoisotopic (exact) mass is 540 g/mol. The van der Waals surface area contributed by atoms with E-state index in [1.54, 1.807) is 48.5 Å². The van der Waals surface area contributed by atoms with Crippen molar-refractivity contribution in [3.05, 3.63) is 130 Å². The molecule has 0 radical (unpaired) electrons. The number of hydrazone groups is 1. The van der Waals surface area contributed by atoms with Gasteiger partial charge in [0.15, 0.2) is 0 Å². The van der Waals surface area contributed by atoms with Gasteiger partial charge in [-0.25, -0.2) is 10.2 Å². The molecular formula is C30H21ClN2O4S. The maximum atomic E-state index is 12.8. The maximum Gasteiger partial charge on any atom is 0.355 e. The van der Waals surface area contributed by atoms with Crippen molar-refractivity contribution < 1.29 is 19.1 Å². The van der Waals surface area contributed by atoms with Crippen LogP contribution >= 0.6 is 22.9 Å². The summed E-state index contributed by atoms with van der Waals surface area (Å²) in [6.07, 6.45) is 1.47. The van der Waals surface area contributed by atoms with E-state index in [0.717, 1.165) is 15.6 Å². The number of rotatable bonds is 8. The quantitative estimate of drug-likeness (QED) is 0.0984. The molecule has 8 heteroatoms. The summed E-state index contributed by atoms with van der Waals surface area (Å²) in [5, 5.41) is 5.25. The zero-order chi connectivity index (χ0) is 26.3. The van der Waals surface area contributed by atoms with Gasteiger partial charge in [0.25, 0.3) is 5.91 Å². The topological polar surface area (TPSA) is 77.0 Å². The third-order valence-electron chi connectivity index (χ3n) is 5.54. The van der Waals surface area contributed by atoms with Crippen molar-refractivity contribution in [1.29, 1.82) is 0 Å². The molecule has 0 aliphatic carbocycles. The van der Waals surface area contributed by atoms with E-state index in [4.69, 9.17) is 21.1 Å². The largest absolute Gasteiger partial charge is 0.488 e. The molecule has 0 saturated heterocycles. The van der Waals surface area contributed by atoms with Crippen molar-refractivity contribution in [2.45, 2.75) is 6.61 Å². The van der Waals surface area contributed by atoms with Crippen LogP contribution in [-0.4, -0.2) is 18.1 Å². The predicted octanol–water partition coefficient (Wildman–Crippen LogP) is 7.12. The summed E-state index contributed by atoms with van der Waals surface area (Å²) < 4.78 is 12.3. The Morgan fingerprint density at radius 1 is 0.895 bits per heavy atom. The molecule has 1 amide bonds. The first kappa shape index (κ1) is 25.2. The van der Waals surface area contributed by atoms with Crippen LogP contribution in [0.1, 0.15) is 31.2 Å². The third kappa shape index (κ3) is 5.91. The van der Waals surface area contributed by atoms with Gasteiger partial charge < -0.3 is 9.47 Å². The minimum Gasteiger partial charge on any atom is -0.488 e. The highest BCUT2D eigenvalue weighted by Gasteiger charge is 2.19. The van der Waals surface area contributed by atoms with Crippen LogP contribution in [0.2, 0.25) is 5.02 Å². The molecule has 0 saturated carbocycles. The normalized spacial score (nSPS) is 11.0. The molecule has 0 fully saturated rings. The Morgan fingerprint density at radius 3 is 2.50 bits per heavy atom. The smallest absolute Gasteiger partial charge is 0.355 e. The third-order valence-corrected chi connectivity index (χ3v) is 7.19. The number of ether oxygens (including phenoxy) is 2. The van der Waals surface area contributed by atoms with Crippen molar-refractivity contribution in [3.63, 3.8) is 0 Å². The second-order valence-electron chi connectivity index (χ2n) is 8.17. The molecule has 188 valence electrons. The number of fused-ring (bicyclic) bond motifs is 1. The van der Waals surface area contributed by atoms with E-state index in [-0.39, 0.29) is 0 Å². The molecular weight excluding hydrogens is 520 g/mol. The summed E-state index contributed by atoms with van der Waals surface area (Å²) >= 11 is 7.68. The summed E-state index contributed by atoms with van der Waals surface area (Å²) in [5.74, 6) is -0.158. The predicted molar refractivity (Wildman–Crippen MR) is 151 cm³/mol. The number of nitrogens with one attached hydrogen (secondary N) is 1. The second kappa shape index (κ2) is 11.7. The maximum absolute atomic E-state index is 12.8. The highest BCUT2D eigenvalue weighted by atomic mass is 35.5. The first-order chi connectivity index (χ1) is 18.6. The Labute approximate surface area is 228 Å². The Kier molecular flexibility index (Phi) is 7.78. The molecule has 5 aromatic rings. The van der Waals surface area contributed by atoms with Crippen LogP contribution in [0.4, 0.5) is 0 Å². The lowest BCUT2D eigenvalue weighted by molar-refractivity contribution is 0.0739. The van der Waals surface area contributed by atoms with Gasteiger partial charge in [-0.1, -0.05) is 84.4 Å². The number of amides is 1. The number of halogens is 1. The lowest BCUT2D eigenvalue weighted by Crippen LogP contribution is -2.18. The average molecular weight is 541 g/mol. The van der Waals surface area contributed by atoms with Crippen LogP contribution in [0, 0.1) is 0 Å². The van der Waals surface area contributed by atoms with Gasteiger partial charge in [0.1, 0.15) is 23.0 Å². The van der Waals surface area contributed by atoms with Crippen molar-refractivity contribution >= 4 is 51.1 Å². The fourth-order valence-corrected chi connectivity index (χ4v) is 5.08. The van der Waals surface area contributed by atoms with E-state index in [1.165, 1.54) is 17.6 Å². The van der Waals surface area contributed by atoms with Gasteiger partial charge in [-0.15, -0.1) is 11.3 Å². The van der Waals surface area contributed by atoms with E-state index in [0.29, 0.717) is 39.1 Å². The molecule has 6 nitrogen and oxygen atoms in total. The number of carbonyl (C=O) groups is 2. The van der Waals surface area contributed by atoms with E-state index in [9.17, 15) is 9.59 Å². The van der Waals surface area contributed by atoms with Crippen LogP contribution in [-0.2, 0) is 6.61 Å². The Hall–Kier alpha value is -4.46. The van der Waals surface area contributed by atoms with E-state index >= 15 is 0 Å². The van der Waals surface area contributed by atoms with Gasteiger partial charge in [0, 0.05) is 10.1 Å². The number of para-hydroxylation sites is 1. The summed E-state index contributed by atoms with van der Waals surface area (Å²) in [7, 11) is 0. The zero-order valence-electron chi connectivity index (χ0n) is 20.0. The van der Waals surface area contributed by atoms with Crippen LogP contribution < -0.4 is 14.9 Å². The molecule has 0 bridgehead atoms. The molecule has 38 heavy (non-hydrogen) atoms. The zero-order valence-corrected chi connectivity index (χ0v) is 21.5. The van der Waals surface area contributed by atoms with Crippen LogP contribution in [0.25, 0.3) is 10.1 Å². The number of thiophene rings is 1. The van der Waals surface area contributed by atoms with Gasteiger partial charge in [-0.05, 0) is 41.5 Å². The Balaban J connectivity index is 1.22. The molecule has 1 heterocycles. The van der Waals surface area contributed by atoms with Crippen molar-refractivity contribution in [3.8, 4) is 11.5 Å². The highest BCUT2D eigenvalue weighted by molar-refractivity contribution is 7.21. The number of hydrogen-bond acceptors (Lipinski definition) is 6. The van der Waals surface area contributed by atoms with Crippen LogP contribution in [0.3, 0.4) is 0 Å². The van der Waals surface area contributed by atoms with E-state index in [1.807, 2.05) is 54.6 Å². The fraction of sp³-hybridized carbons (Fsp3) is 0.0333. The lowest BCUT2D eigenvalue weighted by atomic mass is 10.2. The molecule has 1 N–H and O–H groups in total. The first-order valence-corrected chi connectivity index (χ1v) is 12.9. The van der Waals surface area contributed by atoms with Gasteiger partial charge >= 0.3 is 5.97 Å². The molecule has 0 spiro atoms. The molecule has 5 rings (SSSR count). The van der Waals surface area contributed by atoms with Crippen LogP contribution in [0.15, 0.2) is 108 Å². The lowest BCUT2D eigenvalue weighted by Gasteiger charge is -2.10. The molecule has 0 aliphatic heterocycles. The SMILES string of the molecule is O=C(NN=Cc1cccc(OC(=O)c2sc3ccccc3c2Cl)c1)c1ccccc1OCc1ccccc1. The van der Waals surface area contributed by atoms with Crippen molar-refractivity contribution in [1.82, 2.24) is 5.43 Å². The van der Waals surface area contributed by atoms with Crippen LogP contribution in [0.5, 0.6) is 11.5 Å². The number of carbonyl (C=O) groups excluding carboxylic acids is 2. The Bertz CT molecular complexity index is 1630. The van der Waals surface area contributed by atoms with Gasteiger partial charge in [0.05, 0.1) is 16.8 Å². The first-order valence-electron chi connectivity index (χ1n) is 11.7.